The summed E-state index contributed by atoms with van der Waals surface area (Å²) in [5, 5.41) is 5.59. The van der Waals surface area contributed by atoms with E-state index in [0.717, 1.165) is 5.56 Å². The van der Waals surface area contributed by atoms with E-state index >= 15 is 0 Å². The molecule has 0 radical (unpaired) electrons. The molecule has 1 aliphatic rings. The fourth-order valence-electron chi connectivity index (χ4n) is 2.63. The van der Waals surface area contributed by atoms with Gasteiger partial charge in [-0.15, -0.1) is 0 Å². The fourth-order valence-corrected chi connectivity index (χ4v) is 2.63. The first-order valence-corrected chi connectivity index (χ1v) is 7.13. The highest BCUT2D eigenvalue weighted by Crippen LogP contribution is 2.26. The number of amides is 1. The Morgan fingerprint density at radius 2 is 1.64 bits per heavy atom. The van der Waals surface area contributed by atoms with Gasteiger partial charge in [0.15, 0.2) is 5.78 Å². The van der Waals surface area contributed by atoms with Gasteiger partial charge in [-0.3, -0.25) is 9.59 Å². The van der Waals surface area contributed by atoms with Crippen molar-refractivity contribution in [3.8, 4) is 0 Å². The van der Waals surface area contributed by atoms with E-state index < -0.39 is 5.92 Å². The predicted molar refractivity (Wildman–Crippen MR) is 86.0 cm³/mol. The number of carbonyl (C=O) groups is 2. The average Bonchev–Trinajstić information content (AvgIpc) is 2.83. The van der Waals surface area contributed by atoms with Crippen molar-refractivity contribution in [2.45, 2.75) is 13.8 Å². The van der Waals surface area contributed by atoms with Gasteiger partial charge in [0.2, 0.25) is 0 Å². The number of aryl methyl sites for hydroxylation is 1. The number of hydrogen-bond donors (Lipinski definition) is 0. The molecule has 2 aromatic rings. The van der Waals surface area contributed by atoms with Crippen molar-refractivity contribution >= 4 is 23.1 Å². The number of ketones is 1. The Kier molecular flexibility index (Phi) is 3.59. The molecule has 1 heterocycles. The molecule has 0 aliphatic carbocycles. The van der Waals surface area contributed by atoms with Crippen LogP contribution in [0.4, 0.5) is 5.69 Å². The van der Waals surface area contributed by atoms with Crippen molar-refractivity contribution in [3.63, 3.8) is 0 Å². The lowest BCUT2D eigenvalue weighted by Crippen LogP contribution is -2.33. The van der Waals surface area contributed by atoms with Gasteiger partial charge in [0.25, 0.3) is 5.91 Å². The molecule has 0 saturated heterocycles. The topological polar surface area (TPSA) is 49.7 Å². The second-order valence-corrected chi connectivity index (χ2v) is 5.34. The van der Waals surface area contributed by atoms with Gasteiger partial charge in [-0.2, -0.15) is 10.1 Å². The maximum Gasteiger partial charge on any atom is 0.264 e. The van der Waals surface area contributed by atoms with Crippen LogP contribution in [0.5, 0.6) is 0 Å². The summed E-state index contributed by atoms with van der Waals surface area (Å²) in [5.74, 6) is -1.32. The fraction of sp³-hybridized carbons (Fsp3) is 0.167. The number of Topliss-reactive ketones (excluding diaryl/α,β-unsaturated/α-hetero) is 1. The maximum absolute atomic E-state index is 12.7. The summed E-state index contributed by atoms with van der Waals surface area (Å²) in [5.41, 5.74) is 2.64. The summed E-state index contributed by atoms with van der Waals surface area (Å²) >= 11 is 0. The number of benzene rings is 2. The Labute approximate surface area is 129 Å². The van der Waals surface area contributed by atoms with Crippen LogP contribution in [0.2, 0.25) is 0 Å². The van der Waals surface area contributed by atoms with E-state index in [9.17, 15) is 9.59 Å². The number of anilines is 1. The SMILES string of the molecule is CC1=NN(c2ccccc2)C(=O)C1C(=O)c1ccccc1C. The van der Waals surface area contributed by atoms with E-state index in [1.807, 2.05) is 37.3 Å². The van der Waals surface area contributed by atoms with Crippen molar-refractivity contribution in [1.29, 1.82) is 0 Å². The van der Waals surface area contributed by atoms with Gasteiger partial charge in [-0.1, -0.05) is 42.5 Å². The first-order chi connectivity index (χ1) is 10.6. The second-order valence-electron chi connectivity index (χ2n) is 5.34. The number of hydrazone groups is 1. The zero-order chi connectivity index (χ0) is 15.7. The van der Waals surface area contributed by atoms with Gasteiger partial charge in [0, 0.05) is 5.56 Å². The minimum absolute atomic E-state index is 0.192. The van der Waals surface area contributed by atoms with Gasteiger partial charge in [0.05, 0.1) is 11.4 Å². The highest BCUT2D eigenvalue weighted by molar-refractivity contribution is 6.30. The quantitative estimate of drug-likeness (QED) is 0.644. The Balaban J connectivity index is 1.94. The molecular weight excluding hydrogens is 276 g/mol. The minimum atomic E-state index is -0.832. The standard InChI is InChI=1S/C18H16N2O2/c1-12-8-6-7-11-15(12)17(21)16-13(2)19-20(18(16)22)14-9-4-3-5-10-14/h3-11,16H,1-2H3. The molecule has 2 aromatic carbocycles. The van der Waals surface area contributed by atoms with Crippen LogP contribution in [0.25, 0.3) is 0 Å². The molecule has 0 fully saturated rings. The lowest BCUT2D eigenvalue weighted by atomic mass is 9.91. The van der Waals surface area contributed by atoms with Crippen molar-refractivity contribution < 1.29 is 9.59 Å². The zero-order valence-corrected chi connectivity index (χ0v) is 12.5. The first kappa shape index (κ1) is 14.2. The van der Waals surface area contributed by atoms with E-state index in [4.69, 9.17) is 0 Å². The van der Waals surface area contributed by atoms with Gasteiger partial charge in [0.1, 0.15) is 5.92 Å². The number of nitrogens with zero attached hydrogens (tertiary/aromatic N) is 2. The third-order valence-corrected chi connectivity index (χ3v) is 3.80. The van der Waals surface area contributed by atoms with Crippen LogP contribution in [-0.2, 0) is 4.79 Å². The lowest BCUT2D eigenvalue weighted by Gasteiger charge is -2.14. The van der Waals surface area contributed by atoms with Gasteiger partial charge in [-0.05, 0) is 31.5 Å². The molecule has 22 heavy (non-hydrogen) atoms. The summed E-state index contributed by atoms with van der Waals surface area (Å²) in [7, 11) is 0. The molecule has 4 nitrogen and oxygen atoms in total. The molecule has 0 aromatic heterocycles. The number of hydrogen-bond acceptors (Lipinski definition) is 3. The molecule has 110 valence electrons. The van der Waals surface area contributed by atoms with E-state index in [1.165, 1.54) is 5.01 Å². The van der Waals surface area contributed by atoms with E-state index in [2.05, 4.69) is 5.10 Å². The molecule has 0 bridgehead atoms. The third kappa shape index (κ3) is 2.33. The summed E-state index contributed by atoms with van der Waals surface area (Å²) in [6.45, 7) is 3.59. The highest BCUT2D eigenvalue weighted by Gasteiger charge is 2.40. The van der Waals surface area contributed by atoms with Crippen LogP contribution >= 0.6 is 0 Å². The molecule has 1 aliphatic heterocycles. The van der Waals surface area contributed by atoms with Crippen LogP contribution in [0.15, 0.2) is 59.7 Å². The zero-order valence-electron chi connectivity index (χ0n) is 12.5. The summed E-state index contributed by atoms with van der Waals surface area (Å²) in [6, 6.07) is 16.5. The summed E-state index contributed by atoms with van der Waals surface area (Å²) in [6.07, 6.45) is 0. The van der Waals surface area contributed by atoms with Crippen LogP contribution in [0.3, 0.4) is 0 Å². The van der Waals surface area contributed by atoms with Crippen LogP contribution < -0.4 is 5.01 Å². The maximum atomic E-state index is 12.7. The Morgan fingerprint density at radius 3 is 2.32 bits per heavy atom. The monoisotopic (exact) mass is 292 g/mol. The predicted octanol–water partition coefficient (Wildman–Crippen LogP) is 3.22. The van der Waals surface area contributed by atoms with Crippen molar-refractivity contribution in [2.24, 2.45) is 11.0 Å². The van der Waals surface area contributed by atoms with E-state index in [1.54, 1.807) is 31.2 Å². The van der Waals surface area contributed by atoms with Crippen molar-refractivity contribution in [3.05, 3.63) is 65.7 Å². The number of carbonyl (C=O) groups excluding carboxylic acids is 2. The van der Waals surface area contributed by atoms with Crippen LogP contribution in [-0.4, -0.2) is 17.4 Å². The highest BCUT2D eigenvalue weighted by atomic mass is 16.2. The third-order valence-electron chi connectivity index (χ3n) is 3.80. The number of para-hydroxylation sites is 1. The minimum Gasteiger partial charge on any atom is -0.293 e. The second kappa shape index (κ2) is 5.56. The molecule has 1 atom stereocenters. The molecule has 0 saturated carbocycles. The molecule has 1 amide bonds. The average molecular weight is 292 g/mol. The first-order valence-electron chi connectivity index (χ1n) is 7.13. The molecule has 0 spiro atoms. The van der Waals surface area contributed by atoms with Crippen LogP contribution in [0, 0.1) is 12.8 Å². The Bertz CT molecular complexity index is 766. The van der Waals surface area contributed by atoms with Crippen LogP contribution in [0.1, 0.15) is 22.8 Å². The van der Waals surface area contributed by atoms with E-state index in [0.29, 0.717) is 17.0 Å². The molecule has 3 rings (SSSR count). The van der Waals surface area contributed by atoms with Gasteiger partial charge in [-0.25, -0.2) is 0 Å². The smallest absolute Gasteiger partial charge is 0.264 e. The summed E-state index contributed by atoms with van der Waals surface area (Å²) < 4.78 is 0. The Hall–Kier alpha value is -2.75. The van der Waals surface area contributed by atoms with Crippen molar-refractivity contribution in [2.75, 3.05) is 5.01 Å². The number of rotatable bonds is 3. The van der Waals surface area contributed by atoms with Crippen molar-refractivity contribution in [1.82, 2.24) is 0 Å². The largest absolute Gasteiger partial charge is 0.293 e. The summed E-state index contributed by atoms with van der Waals surface area (Å²) in [4.78, 5) is 25.4. The van der Waals surface area contributed by atoms with Gasteiger partial charge < -0.3 is 0 Å². The molecule has 4 heteroatoms. The Morgan fingerprint density at radius 1 is 1.00 bits per heavy atom. The van der Waals surface area contributed by atoms with E-state index in [-0.39, 0.29) is 11.7 Å². The lowest BCUT2D eigenvalue weighted by molar-refractivity contribution is -0.118. The normalized spacial score (nSPS) is 17.5. The van der Waals surface area contributed by atoms with Gasteiger partial charge >= 0.3 is 0 Å². The molecular formula is C18H16N2O2. The molecule has 0 N–H and O–H groups in total. The molecule has 1 unspecified atom stereocenters.